The van der Waals surface area contributed by atoms with Gasteiger partial charge in [0.15, 0.2) is 0 Å². The lowest BCUT2D eigenvalue weighted by Gasteiger charge is -2.18. The molecule has 100 valence electrons. The lowest BCUT2D eigenvalue weighted by molar-refractivity contribution is 0.413. The van der Waals surface area contributed by atoms with E-state index in [-0.39, 0.29) is 6.04 Å². The van der Waals surface area contributed by atoms with Crippen molar-refractivity contribution in [2.45, 2.75) is 13.0 Å². The van der Waals surface area contributed by atoms with Crippen LogP contribution < -0.4 is 16.0 Å². The first kappa shape index (κ1) is 13.9. The number of nitrogens with one attached hydrogen (secondary N) is 1. The fourth-order valence-electron chi connectivity index (χ4n) is 1.99. The highest BCUT2D eigenvalue weighted by molar-refractivity contribution is 6.31. The fraction of sp³-hybridized carbons (Fsp3) is 0.200. The molecule has 0 bridgehead atoms. The Morgan fingerprint density at radius 1 is 1.16 bits per heavy atom. The monoisotopic (exact) mass is 276 g/mol. The highest BCUT2D eigenvalue weighted by Crippen LogP contribution is 2.27. The molecule has 0 aliphatic carbocycles. The number of ether oxygens (including phenoxy) is 1. The molecule has 0 saturated carbocycles. The Balaban J connectivity index is 2.40. The van der Waals surface area contributed by atoms with Gasteiger partial charge in [0.25, 0.3) is 0 Å². The first-order chi connectivity index (χ1) is 9.15. The molecule has 0 aliphatic rings. The van der Waals surface area contributed by atoms with Crippen molar-refractivity contribution in [3.05, 3.63) is 64.2 Å². The number of hydrogen-bond acceptors (Lipinski definition) is 3. The Morgan fingerprint density at radius 3 is 2.53 bits per heavy atom. The molecule has 0 aliphatic heterocycles. The van der Waals surface area contributed by atoms with Crippen LogP contribution in [0.25, 0.3) is 0 Å². The number of methoxy groups -OCH3 is 1. The lowest BCUT2D eigenvalue weighted by Crippen LogP contribution is -2.28. The van der Waals surface area contributed by atoms with E-state index in [1.54, 1.807) is 7.11 Å². The van der Waals surface area contributed by atoms with E-state index in [9.17, 15) is 0 Å². The van der Waals surface area contributed by atoms with Gasteiger partial charge in [0.1, 0.15) is 5.75 Å². The molecule has 19 heavy (non-hydrogen) atoms. The summed E-state index contributed by atoms with van der Waals surface area (Å²) in [6.45, 7) is 1.97. The van der Waals surface area contributed by atoms with E-state index in [1.165, 1.54) is 0 Å². The number of nitrogens with two attached hydrogens (primary N) is 1. The third kappa shape index (κ3) is 3.07. The smallest absolute Gasteiger partial charge is 0.119 e. The maximum atomic E-state index is 6.17. The van der Waals surface area contributed by atoms with Crippen LogP contribution in [0.1, 0.15) is 22.7 Å². The number of hydrazine groups is 1. The zero-order valence-corrected chi connectivity index (χ0v) is 11.7. The van der Waals surface area contributed by atoms with Crippen LogP contribution in [-0.2, 0) is 0 Å². The van der Waals surface area contributed by atoms with Gasteiger partial charge in [0.2, 0.25) is 0 Å². The lowest BCUT2D eigenvalue weighted by atomic mass is 9.98. The van der Waals surface area contributed by atoms with Gasteiger partial charge < -0.3 is 4.74 Å². The van der Waals surface area contributed by atoms with Crippen LogP contribution in [0, 0.1) is 6.92 Å². The maximum absolute atomic E-state index is 6.17. The second kappa shape index (κ2) is 6.06. The van der Waals surface area contributed by atoms with Gasteiger partial charge in [0.05, 0.1) is 13.2 Å². The molecule has 2 aromatic rings. The average molecular weight is 277 g/mol. The van der Waals surface area contributed by atoms with Gasteiger partial charge in [0, 0.05) is 5.02 Å². The summed E-state index contributed by atoms with van der Waals surface area (Å²) >= 11 is 6.17. The minimum atomic E-state index is -0.117. The molecular weight excluding hydrogens is 260 g/mol. The molecule has 1 unspecified atom stereocenters. The van der Waals surface area contributed by atoms with E-state index in [1.807, 2.05) is 49.4 Å². The SMILES string of the molecule is COc1cccc(C(NN)c2ccc(C)c(Cl)c2)c1. The van der Waals surface area contributed by atoms with Gasteiger partial charge >= 0.3 is 0 Å². The first-order valence-electron chi connectivity index (χ1n) is 6.02. The normalized spacial score (nSPS) is 12.2. The summed E-state index contributed by atoms with van der Waals surface area (Å²) < 4.78 is 5.23. The predicted molar refractivity (Wildman–Crippen MR) is 78.3 cm³/mol. The van der Waals surface area contributed by atoms with Crippen LogP contribution in [0.3, 0.4) is 0 Å². The second-order valence-corrected chi connectivity index (χ2v) is 4.79. The van der Waals surface area contributed by atoms with Crippen molar-refractivity contribution in [1.29, 1.82) is 0 Å². The summed E-state index contributed by atoms with van der Waals surface area (Å²) in [6.07, 6.45) is 0. The molecule has 2 aromatic carbocycles. The zero-order valence-electron chi connectivity index (χ0n) is 11.0. The van der Waals surface area contributed by atoms with E-state index >= 15 is 0 Å². The molecule has 1 atom stereocenters. The Hall–Kier alpha value is -1.55. The Kier molecular flexibility index (Phi) is 4.43. The Labute approximate surface area is 118 Å². The Bertz CT molecular complexity index is 572. The molecule has 3 N–H and O–H groups in total. The van der Waals surface area contributed by atoms with E-state index < -0.39 is 0 Å². The van der Waals surface area contributed by atoms with Gasteiger partial charge in [-0.25, -0.2) is 5.43 Å². The van der Waals surface area contributed by atoms with Crippen molar-refractivity contribution in [3.63, 3.8) is 0 Å². The number of benzene rings is 2. The van der Waals surface area contributed by atoms with Crippen molar-refractivity contribution < 1.29 is 4.74 Å². The molecule has 3 nitrogen and oxygen atoms in total. The van der Waals surface area contributed by atoms with E-state index in [0.717, 1.165) is 27.5 Å². The minimum absolute atomic E-state index is 0.117. The van der Waals surface area contributed by atoms with Crippen molar-refractivity contribution in [1.82, 2.24) is 5.43 Å². The first-order valence-corrected chi connectivity index (χ1v) is 6.39. The van der Waals surface area contributed by atoms with Crippen molar-refractivity contribution in [2.24, 2.45) is 5.84 Å². The summed E-state index contributed by atoms with van der Waals surface area (Å²) in [4.78, 5) is 0. The summed E-state index contributed by atoms with van der Waals surface area (Å²) in [7, 11) is 1.65. The fourth-order valence-corrected chi connectivity index (χ4v) is 2.18. The van der Waals surface area contributed by atoms with Gasteiger partial charge in [-0.05, 0) is 41.8 Å². The molecule has 2 rings (SSSR count). The van der Waals surface area contributed by atoms with E-state index in [2.05, 4.69) is 5.43 Å². The quantitative estimate of drug-likeness (QED) is 0.666. The topological polar surface area (TPSA) is 47.3 Å². The summed E-state index contributed by atoms with van der Waals surface area (Å²) in [5.74, 6) is 6.48. The molecule has 0 saturated heterocycles. The van der Waals surface area contributed by atoms with Crippen LogP contribution in [-0.4, -0.2) is 7.11 Å². The molecular formula is C15H17ClN2O. The molecule has 0 heterocycles. The molecule has 0 aromatic heterocycles. The van der Waals surface area contributed by atoms with Gasteiger partial charge in [-0.2, -0.15) is 0 Å². The largest absolute Gasteiger partial charge is 0.497 e. The summed E-state index contributed by atoms with van der Waals surface area (Å²) in [5, 5.41) is 0.737. The van der Waals surface area contributed by atoms with Crippen molar-refractivity contribution in [2.75, 3.05) is 7.11 Å². The highest BCUT2D eigenvalue weighted by Gasteiger charge is 2.13. The van der Waals surface area contributed by atoms with Crippen LogP contribution in [0.2, 0.25) is 5.02 Å². The van der Waals surface area contributed by atoms with Crippen LogP contribution in [0.4, 0.5) is 0 Å². The molecule has 0 fully saturated rings. The minimum Gasteiger partial charge on any atom is -0.497 e. The van der Waals surface area contributed by atoms with E-state index in [4.69, 9.17) is 22.2 Å². The second-order valence-electron chi connectivity index (χ2n) is 4.38. The highest BCUT2D eigenvalue weighted by atomic mass is 35.5. The third-order valence-corrected chi connectivity index (χ3v) is 3.53. The molecule has 0 radical (unpaired) electrons. The zero-order chi connectivity index (χ0) is 13.8. The number of hydrogen-bond donors (Lipinski definition) is 2. The average Bonchev–Trinajstić information content (AvgIpc) is 2.44. The Morgan fingerprint density at radius 2 is 1.89 bits per heavy atom. The number of aryl methyl sites for hydroxylation is 1. The third-order valence-electron chi connectivity index (χ3n) is 3.12. The standard InChI is InChI=1S/C15H17ClN2O/c1-10-6-7-12(9-14(10)16)15(18-17)11-4-3-5-13(8-11)19-2/h3-9,15,18H,17H2,1-2H3. The number of halogens is 1. The van der Waals surface area contributed by atoms with Crippen molar-refractivity contribution >= 4 is 11.6 Å². The van der Waals surface area contributed by atoms with Crippen LogP contribution in [0.15, 0.2) is 42.5 Å². The van der Waals surface area contributed by atoms with Crippen LogP contribution in [0.5, 0.6) is 5.75 Å². The van der Waals surface area contributed by atoms with Gasteiger partial charge in [-0.3, -0.25) is 5.84 Å². The molecule has 0 spiro atoms. The van der Waals surface area contributed by atoms with Crippen molar-refractivity contribution in [3.8, 4) is 5.75 Å². The van der Waals surface area contributed by atoms with E-state index in [0.29, 0.717) is 0 Å². The van der Waals surface area contributed by atoms with Crippen LogP contribution >= 0.6 is 11.6 Å². The summed E-state index contributed by atoms with van der Waals surface area (Å²) in [5.41, 5.74) is 5.92. The van der Waals surface area contributed by atoms with Gasteiger partial charge in [-0.1, -0.05) is 35.9 Å². The van der Waals surface area contributed by atoms with Gasteiger partial charge in [-0.15, -0.1) is 0 Å². The number of rotatable bonds is 4. The predicted octanol–water partition coefficient (Wildman–Crippen LogP) is 3.21. The summed E-state index contributed by atoms with van der Waals surface area (Å²) in [6, 6.07) is 13.6. The molecule has 4 heteroatoms. The maximum Gasteiger partial charge on any atom is 0.119 e. The molecule has 0 amide bonds.